The molecular weight excluding hydrogens is 326 g/mol. The summed E-state index contributed by atoms with van der Waals surface area (Å²) in [5, 5.41) is 2.68. The molecule has 1 aromatic carbocycles. The van der Waals surface area contributed by atoms with E-state index >= 15 is 0 Å². The molecule has 2 heterocycles. The highest BCUT2D eigenvalue weighted by molar-refractivity contribution is 7.17. The summed E-state index contributed by atoms with van der Waals surface area (Å²) in [5.41, 5.74) is 3.15. The van der Waals surface area contributed by atoms with E-state index in [2.05, 4.69) is 5.32 Å². The molecule has 0 bridgehead atoms. The third-order valence-corrected chi connectivity index (χ3v) is 5.06. The van der Waals surface area contributed by atoms with E-state index in [-0.39, 0.29) is 5.91 Å². The Kier molecular flexibility index (Phi) is 4.57. The van der Waals surface area contributed by atoms with Gasteiger partial charge < -0.3 is 14.8 Å². The minimum absolute atomic E-state index is 0.273. The number of nitrogens with one attached hydrogen (secondary N) is 1. The average Bonchev–Trinajstić information content (AvgIpc) is 2.99. The van der Waals surface area contributed by atoms with Gasteiger partial charge in [0, 0.05) is 16.0 Å². The van der Waals surface area contributed by atoms with Crippen LogP contribution in [0.2, 0.25) is 0 Å². The summed E-state index contributed by atoms with van der Waals surface area (Å²) in [7, 11) is 0. The van der Waals surface area contributed by atoms with Crippen LogP contribution in [0, 0.1) is 6.92 Å². The van der Waals surface area contributed by atoms with Crippen molar-refractivity contribution in [1.82, 2.24) is 5.32 Å². The second-order valence-corrected chi connectivity index (χ2v) is 6.70. The second-order valence-electron chi connectivity index (χ2n) is 5.65. The van der Waals surface area contributed by atoms with Crippen molar-refractivity contribution in [3.63, 3.8) is 0 Å². The van der Waals surface area contributed by atoms with Gasteiger partial charge >= 0.3 is 5.97 Å². The number of aryl methyl sites for hydroxylation is 1. The molecule has 0 spiro atoms. The fourth-order valence-electron chi connectivity index (χ4n) is 2.66. The molecule has 2 aromatic rings. The molecule has 0 saturated carbocycles. The lowest BCUT2D eigenvalue weighted by atomic mass is 10.0. The molecule has 0 aliphatic carbocycles. The predicted octanol–water partition coefficient (Wildman–Crippen LogP) is 3.30. The summed E-state index contributed by atoms with van der Waals surface area (Å²) in [6.45, 7) is 6.12. The van der Waals surface area contributed by atoms with Crippen molar-refractivity contribution in [3.05, 3.63) is 40.3 Å². The quantitative estimate of drug-likeness (QED) is 0.864. The Bertz CT molecular complexity index is 796. The van der Waals surface area contributed by atoms with Crippen LogP contribution >= 0.6 is 11.3 Å². The third kappa shape index (κ3) is 3.01. The molecule has 0 fully saturated rings. The summed E-state index contributed by atoms with van der Waals surface area (Å²) in [6, 6.07) is 7.08. The van der Waals surface area contributed by atoms with Gasteiger partial charge in [-0.1, -0.05) is 12.1 Å². The van der Waals surface area contributed by atoms with E-state index in [1.165, 1.54) is 11.3 Å². The Hall–Kier alpha value is -2.34. The van der Waals surface area contributed by atoms with E-state index in [0.29, 0.717) is 18.1 Å². The molecule has 1 aliphatic heterocycles. The van der Waals surface area contributed by atoms with Crippen LogP contribution in [-0.4, -0.2) is 24.5 Å². The fraction of sp³-hybridized carbons (Fsp3) is 0.333. The highest BCUT2D eigenvalue weighted by Gasteiger charge is 2.25. The fourth-order valence-corrected chi connectivity index (χ4v) is 3.85. The number of rotatable bonds is 4. The molecule has 1 amide bonds. The SMILES string of the molecule is CCOC(=O)[C@@H](C)NC(=O)c1cc2c(s1)-c1c(C)cccc1OC2. The number of hydrogen-bond donors (Lipinski definition) is 1. The summed E-state index contributed by atoms with van der Waals surface area (Å²) in [4.78, 5) is 25.7. The smallest absolute Gasteiger partial charge is 0.328 e. The first-order valence-electron chi connectivity index (χ1n) is 7.84. The van der Waals surface area contributed by atoms with Gasteiger partial charge in [0.25, 0.3) is 5.91 Å². The Morgan fingerprint density at radius 1 is 1.42 bits per heavy atom. The van der Waals surface area contributed by atoms with Crippen LogP contribution in [0.1, 0.15) is 34.6 Å². The summed E-state index contributed by atoms with van der Waals surface area (Å²) >= 11 is 1.42. The summed E-state index contributed by atoms with van der Waals surface area (Å²) < 4.78 is 10.7. The average molecular weight is 345 g/mol. The molecule has 5 nitrogen and oxygen atoms in total. The van der Waals surface area contributed by atoms with Gasteiger partial charge in [0.05, 0.1) is 11.5 Å². The number of carbonyl (C=O) groups is 2. The van der Waals surface area contributed by atoms with Crippen molar-refractivity contribution >= 4 is 23.2 Å². The van der Waals surface area contributed by atoms with E-state index in [1.54, 1.807) is 13.8 Å². The number of benzene rings is 1. The Morgan fingerprint density at radius 2 is 2.21 bits per heavy atom. The van der Waals surface area contributed by atoms with Crippen LogP contribution in [-0.2, 0) is 16.1 Å². The second kappa shape index (κ2) is 6.65. The van der Waals surface area contributed by atoms with Gasteiger partial charge in [-0.05, 0) is 38.5 Å². The highest BCUT2D eigenvalue weighted by Crippen LogP contribution is 2.44. The molecule has 0 radical (unpaired) electrons. The molecule has 1 aromatic heterocycles. The number of amides is 1. The molecule has 1 aliphatic rings. The number of ether oxygens (including phenoxy) is 2. The molecule has 0 unspecified atom stereocenters. The lowest BCUT2D eigenvalue weighted by Crippen LogP contribution is -2.39. The van der Waals surface area contributed by atoms with Crippen molar-refractivity contribution in [2.24, 2.45) is 0 Å². The molecule has 1 atom stereocenters. The number of fused-ring (bicyclic) bond motifs is 3. The van der Waals surface area contributed by atoms with E-state index in [9.17, 15) is 9.59 Å². The third-order valence-electron chi connectivity index (χ3n) is 3.87. The van der Waals surface area contributed by atoms with Gasteiger partial charge in [-0.3, -0.25) is 4.79 Å². The number of esters is 1. The van der Waals surface area contributed by atoms with Crippen molar-refractivity contribution in [1.29, 1.82) is 0 Å². The molecule has 6 heteroatoms. The number of carbonyl (C=O) groups excluding carboxylic acids is 2. The van der Waals surface area contributed by atoms with E-state index < -0.39 is 12.0 Å². The van der Waals surface area contributed by atoms with Gasteiger partial charge in [0.1, 0.15) is 18.4 Å². The molecule has 24 heavy (non-hydrogen) atoms. The summed E-state index contributed by atoms with van der Waals surface area (Å²) in [5.74, 6) is 0.137. The Balaban J connectivity index is 1.84. The zero-order chi connectivity index (χ0) is 17.3. The lowest BCUT2D eigenvalue weighted by Gasteiger charge is -2.19. The first-order chi connectivity index (χ1) is 11.5. The van der Waals surface area contributed by atoms with Crippen molar-refractivity contribution in [3.8, 4) is 16.2 Å². The maximum Gasteiger partial charge on any atom is 0.328 e. The van der Waals surface area contributed by atoms with Gasteiger partial charge in [0.15, 0.2) is 0 Å². The molecule has 3 rings (SSSR count). The maximum absolute atomic E-state index is 12.4. The van der Waals surface area contributed by atoms with E-state index in [0.717, 1.165) is 27.3 Å². The van der Waals surface area contributed by atoms with Gasteiger partial charge in [-0.15, -0.1) is 11.3 Å². The van der Waals surface area contributed by atoms with Crippen molar-refractivity contribution in [2.75, 3.05) is 6.61 Å². The van der Waals surface area contributed by atoms with E-state index in [1.807, 2.05) is 31.2 Å². The maximum atomic E-state index is 12.4. The van der Waals surface area contributed by atoms with Crippen LogP contribution in [0.25, 0.3) is 10.4 Å². The van der Waals surface area contributed by atoms with E-state index in [4.69, 9.17) is 9.47 Å². The minimum atomic E-state index is -0.679. The molecule has 126 valence electrons. The number of thiophene rings is 1. The van der Waals surface area contributed by atoms with Crippen LogP contribution in [0.5, 0.6) is 5.75 Å². The minimum Gasteiger partial charge on any atom is -0.488 e. The normalized spacial score (nSPS) is 13.3. The van der Waals surface area contributed by atoms with Crippen LogP contribution < -0.4 is 10.1 Å². The topological polar surface area (TPSA) is 64.6 Å². The first-order valence-corrected chi connectivity index (χ1v) is 8.66. The lowest BCUT2D eigenvalue weighted by molar-refractivity contribution is -0.144. The molecular formula is C18H19NO4S. The Morgan fingerprint density at radius 3 is 2.96 bits per heavy atom. The monoisotopic (exact) mass is 345 g/mol. The zero-order valence-electron chi connectivity index (χ0n) is 13.8. The van der Waals surface area contributed by atoms with Crippen molar-refractivity contribution < 1.29 is 19.1 Å². The van der Waals surface area contributed by atoms with Gasteiger partial charge in [-0.25, -0.2) is 4.79 Å². The molecule has 0 saturated heterocycles. The van der Waals surface area contributed by atoms with Gasteiger partial charge in [-0.2, -0.15) is 0 Å². The summed E-state index contributed by atoms with van der Waals surface area (Å²) in [6.07, 6.45) is 0. The largest absolute Gasteiger partial charge is 0.488 e. The van der Waals surface area contributed by atoms with Crippen LogP contribution in [0.3, 0.4) is 0 Å². The Labute approximate surface area is 144 Å². The first kappa shape index (κ1) is 16.5. The zero-order valence-corrected chi connectivity index (χ0v) is 14.7. The number of hydrogen-bond acceptors (Lipinski definition) is 5. The predicted molar refractivity (Wildman–Crippen MR) is 92.4 cm³/mol. The van der Waals surface area contributed by atoms with Crippen molar-refractivity contribution in [2.45, 2.75) is 33.4 Å². The standard InChI is InChI=1S/C18H19NO4S/c1-4-22-18(21)11(3)19-17(20)14-8-12-9-23-13-7-5-6-10(2)15(13)16(12)24-14/h5-8,11H,4,9H2,1-3H3,(H,19,20)/t11-/m1/s1. The van der Waals surface area contributed by atoms with Crippen LogP contribution in [0.4, 0.5) is 0 Å². The van der Waals surface area contributed by atoms with Crippen LogP contribution in [0.15, 0.2) is 24.3 Å². The highest BCUT2D eigenvalue weighted by atomic mass is 32.1. The van der Waals surface area contributed by atoms with Gasteiger partial charge in [0.2, 0.25) is 0 Å². The molecule has 1 N–H and O–H groups in total.